The van der Waals surface area contributed by atoms with Crippen LogP contribution in [-0.2, 0) is 22.6 Å². The predicted octanol–water partition coefficient (Wildman–Crippen LogP) is 2.21. The molecule has 1 unspecified atom stereocenters. The van der Waals surface area contributed by atoms with E-state index in [1.165, 1.54) is 5.69 Å². The fourth-order valence-electron chi connectivity index (χ4n) is 4.07. The van der Waals surface area contributed by atoms with Crippen molar-refractivity contribution in [3.63, 3.8) is 0 Å². The van der Waals surface area contributed by atoms with E-state index in [0.717, 1.165) is 65.1 Å². The summed E-state index contributed by atoms with van der Waals surface area (Å²) in [5.41, 5.74) is 1.26. The number of piperidine rings is 1. The van der Waals surface area contributed by atoms with E-state index in [1.54, 1.807) is 7.11 Å². The maximum atomic E-state index is 13.1. The predicted molar refractivity (Wildman–Crippen MR) is 94.7 cm³/mol. The Morgan fingerprint density at radius 2 is 2.08 bits per heavy atom. The number of aromatic nitrogens is 1. The molecule has 2 aliphatic rings. The van der Waals surface area contributed by atoms with E-state index in [1.807, 2.05) is 0 Å². The van der Waals surface area contributed by atoms with Crippen LogP contribution in [0.25, 0.3) is 0 Å². The number of fused-ring (bicyclic) bond motifs is 1. The fraction of sp³-hybridized carbons (Fsp3) is 0.737. The number of carbonyl (C=O) groups excluding carboxylic acids is 1. The standard InChI is InChI=1S/C19H31N3O2/c1-3-20-10-6-17(7-11-20)19(23)22-14-16(8-12-24-2)13-21-9-4-5-18(21)15-22/h4-5,9,16-17H,3,6-8,10-15H2,1-2H3. The molecule has 0 N–H and O–H groups in total. The third-order valence-corrected chi connectivity index (χ3v) is 5.64. The zero-order chi connectivity index (χ0) is 16.9. The first-order valence-corrected chi connectivity index (χ1v) is 9.35. The number of methoxy groups -OCH3 is 1. The number of ether oxygens (including phenoxy) is 1. The molecule has 0 bridgehead atoms. The summed E-state index contributed by atoms with van der Waals surface area (Å²) in [6, 6.07) is 4.25. The highest BCUT2D eigenvalue weighted by Crippen LogP contribution is 2.25. The van der Waals surface area contributed by atoms with Gasteiger partial charge in [0.25, 0.3) is 0 Å². The van der Waals surface area contributed by atoms with Crippen molar-refractivity contribution in [2.45, 2.75) is 39.3 Å². The Morgan fingerprint density at radius 1 is 1.29 bits per heavy atom. The van der Waals surface area contributed by atoms with Crippen LogP contribution in [0.2, 0.25) is 0 Å². The molecule has 1 amide bonds. The molecule has 1 saturated heterocycles. The van der Waals surface area contributed by atoms with Gasteiger partial charge in [-0.25, -0.2) is 0 Å². The highest BCUT2D eigenvalue weighted by atomic mass is 16.5. The van der Waals surface area contributed by atoms with Gasteiger partial charge in [-0.05, 0) is 56.9 Å². The number of carbonyl (C=O) groups is 1. The summed E-state index contributed by atoms with van der Waals surface area (Å²) in [4.78, 5) is 17.7. The minimum Gasteiger partial charge on any atom is -0.385 e. The van der Waals surface area contributed by atoms with Crippen LogP contribution in [0.4, 0.5) is 0 Å². The molecule has 0 spiro atoms. The Morgan fingerprint density at radius 3 is 2.79 bits per heavy atom. The smallest absolute Gasteiger partial charge is 0.226 e. The number of rotatable bonds is 5. The average Bonchev–Trinajstić information content (AvgIpc) is 2.97. The van der Waals surface area contributed by atoms with Gasteiger partial charge in [-0.15, -0.1) is 0 Å². The minimum atomic E-state index is 0.206. The molecular formula is C19H31N3O2. The number of amides is 1. The van der Waals surface area contributed by atoms with Crippen molar-refractivity contribution >= 4 is 5.91 Å². The summed E-state index contributed by atoms with van der Waals surface area (Å²) in [6.45, 7) is 8.78. The summed E-state index contributed by atoms with van der Waals surface area (Å²) in [6.07, 6.45) is 5.16. The van der Waals surface area contributed by atoms with Gasteiger partial charge < -0.3 is 19.1 Å². The molecule has 1 atom stereocenters. The Hall–Kier alpha value is -1.33. The van der Waals surface area contributed by atoms with E-state index in [4.69, 9.17) is 4.74 Å². The normalized spacial score (nSPS) is 23.1. The summed E-state index contributed by atoms with van der Waals surface area (Å²) in [5, 5.41) is 0. The van der Waals surface area contributed by atoms with Crippen molar-refractivity contribution < 1.29 is 9.53 Å². The van der Waals surface area contributed by atoms with Gasteiger partial charge in [-0.1, -0.05) is 6.92 Å². The van der Waals surface area contributed by atoms with Crippen LogP contribution in [0.3, 0.4) is 0 Å². The number of hydrogen-bond donors (Lipinski definition) is 0. The second-order valence-corrected chi connectivity index (χ2v) is 7.23. The van der Waals surface area contributed by atoms with E-state index in [2.05, 4.69) is 39.6 Å². The van der Waals surface area contributed by atoms with Crippen LogP contribution in [0, 0.1) is 11.8 Å². The third-order valence-electron chi connectivity index (χ3n) is 5.64. The van der Waals surface area contributed by atoms with Crippen molar-refractivity contribution in [2.24, 2.45) is 11.8 Å². The van der Waals surface area contributed by atoms with Gasteiger partial charge in [-0.3, -0.25) is 4.79 Å². The van der Waals surface area contributed by atoms with Gasteiger partial charge in [-0.2, -0.15) is 0 Å². The summed E-state index contributed by atoms with van der Waals surface area (Å²) < 4.78 is 7.59. The van der Waals surface area contributed by atoms with Gasteiger partial charge in [0.1, 0.15) is 0 Å². The lowest BCUT2D eigenvalue weighted by molar-refractivity contribution is -0.138. The molecule has 3 rings (SSSR count). The second kappa shape index (κ2) is 8.17. The van der Waals surface area contributed by atoms with E-state index >= 15 is 0 Å². The summed E-state index contributed by atoms with van der Waals surface area (Å²) in [7, 11) is 1.75. The first-order chi connectivity index (χ1) is 11.7. The summed E-state index contributed by atoms with van der Waals surface area (Å²) >= 11 is 0. The van der Waals surface area contributed by atoms with E-state index in [-0.39, 0.29) is 5.92 Å². The molecule has 5 heteroatoms. The zero-order valence-electron chi connectivity index (χ0n) is 15.1. The van der Waals surface area contributed by atoms with Crippen LogP contribution in [-0.4, -0.2) is 60.2 Å². The topological polar surface area (TPSA) is 37.7 Å². The quantitative estimate of drug-likeness (QED) is 0.829. The lowest BCUT2D eigenvalue weighted by Gasteiger charge is -2.34. The van der Waals surface area contributed by atoms with Gasteiger partial charge in [0.2, 0.25) is 5.91 Å². The third kappa shape index (κ3) is 4.01. The van der Waals surface area contributed by atoms with Crippen LogP contribution < -0.4 is 0 Å². The van der Waals surface area contributed by atoms with Gasteiger partial charge in [0.15, 0.2) is 0 Å². The van der Waals surface area contributed by atoms with Crippen LogP contribution in [0.5, 0.6) is 0 Å². The first kappa shape index (κ1) is 17.5. The van der Waals surface area contributed by atoms with Crippen molar-refractivity contribution in [3.05, 3.63) is 24.0 Å². The van der Waals surface area contributed by atoms with Gasteiger partial charge >= 0.3 is 0 Å². The number of nitrogens with zero attached hydrogens (tertiary/aromatic N) is 3. The highest BCUT2D eigenvalue weighted by Gasteiger charge is 2.31. The lowest BCUT2D eigenvalue weighted by Crippen LogP contribution is -2.43. The second-order valence-electron chi connectivity index (χ2n) is 7.23. The molecule has 0 radical (unpaired) electrons. The van der Waals surface area contributed by atoms with Gasteiger partial charge in [0, 0.05) is 44.6 Å². The number of likely N-dealkylation sites (tertiary alicyclic amines) is 1. The summed E-state index contributed by atoms with van der Waals surface area (Å²) in [5.74, 6) is 1.04. The molecule has 1 aromatic heterocycles. The SMILES string of the molecule is CCN1CCC(C(=O)N2Cc3cccn3CC(CCOC)C2)CC1. The maximum Gasteiger partial charge on any atom is 0.226 e. The van der Waals surface area contributed by atoms with E-state index in [0.29, 0.717) is 11.8 Å². The largest absolute Gasteiger partial charge is 0.385 e. The Labute approximate surface area is 145 Å². The first-order valence-electron chi connectivity index (χ1n) is 9.35. The van der Waals surface area contributed by atoms with Crippen molar-refractivity contribution in [2.75, 3.05) is 39.9 Å². The number of hydrogen-bond acceptors (Lipinski definition) is 3. The van der Waals surface area contributed by atoms with Crippen LogP contribution >= 0.6 is 0 Å². The highest BCUT2D eigenvalue weighted by molar-refractivity contribution is 5.79. The fourth-order valence-corrected chi connectivity index (χ4v) is 4.07. The Bertz CT molecular complexity index is 534. The molecular weight excluding hydrogens is 302 g/mol. The minimum absolute atomic E-state index is 0.206. The molecule has 24 heavy (non-hydrogen) atoms. The molecule has 5 nitrogen and oxygen atoms in total. The van der Waals surface area contributed by atoms with Crippen LogP contribution in [0.1, 0.15) is 31.9 Å². The molecule has 1 aromatic rings. The van der Waals surface area contributed by atoms with Crippen LogP contribution in [0.15, 0.2) is 18.3 Å². The zero-order valence-corrected chi connectivity index (χ0v) is 15.1. The maximum absolute atomic E-state index is 13.1. The van der Waals surface area contributed by atoms with Crippen molar-refractivity contribution in [1.29, 1.82) is 0 Å². The van der Waals surface area contributed by atoms with Gasteiger partial charge in [0.05, 0.1) is 6.54 Å². The Kier molecular flexibility index (Phi) is 5.95. The molecule has 2 aliphatic heterocycles. The monoisotopic (exact) mass is 333 g/mol. The lowest BCUT2D eigenvalue weighted by atomic mass is 9.94. The van der Waals surface area contributed by atoms with E-state index < -0.39 is 0 Å². The molecule has 0 aromatic carbocycles. The molecule has 0 saturated carbocycles. The molecule has 134 valence electrons. The van der Waals surface area contributed by atoms with Crippen molar-refractivity contribution in [3.8, 4) is 0 Å². The molecule has 0 aliphatic carbocycles. The Balaban J connectivity index is 1.68. The molecule has 1 fully saturated rings. The molecule has 3 heterocycles. The average molecular weight is 333 g/mol. The van der Waals surface area contributed by atoms with Crippen molar-refractivity contribution in [1.82, 2.24) is 14.4 Å². The van der Waals surface area contributed by atoms with E-state index in [9.17, 15) is 4.79 Å².